The number of hydrogen-bond acceptors (Lipinski definition) is 0. The predicted molar refractivity (Wildman–Crippen MR) is 87.6 cm³/mol. The zero-order chi connectivity index (χ0) is 20.5. The summed E-state index contributed by atoms with van der Waals surface area (Å²) in [7, 11) is 0. The molecular weight excluding hydrogens is 387 g/mol. The highest BCUT2D eigenvalue weighted by molar-refractivity contribution is 5.56. The highest BCUT2D eigenvalue weighted by Gasteiger charge is 2.37. The van der Waals surface area contributed by atoms with Crippen LogP contribution in [-0.2, 0) is 18.9 Å². The molecule has 0 aliphatic carbocycles. The van der Waals surface area contributed by atoms with Gasteiger partial charge in [-0.25, -0.2) is 4.39 Å². The van der Waals surface area contributed by atoms with E-state index >= 15 is 0 Å². The Kier molecular flexibility index (Phi) is 5.14. The summed E-state index contributed by atoms with van der Waals surface area (Å²) in [6.45, 7) is -0.294. The van der Waals surface area contributed by atoms with Gasteiger partial charge in [-0.1, -0.05) is 12.1 Å². The Morgan fingerprint density at radius 1 is 0.714 bits per heavy atom. The molecule has 0 amide bonds. The quantitative estimate of drug-likeness (QED) is 0.383. The van der Waals surface area contributed by atoms with E-state index in [2.05, 4.69) is 0 Å². The van der Waals surface area contributed by atoms with Crippen LogP contribution >= 0.6 is 0 Å². The first-order chi connectivity index (χ1) is 13.1. The van der Waals surface area contributed by atoms with E-state index in [-0.39, 0.29) is 23.7 Å². The second kappa shape index (κ2) is 7.26. The van der Waals surface area contributed by atoms with E-state index in [9.17, 15) is 30.7 Å². The molecule has 3 aromatic rings. The molecule has 0 N–H and O–H groups in total. The average molecular weight is 400 g/mol. The molecule has 0 saturated heterocycles. The fraction of sp³-hybridized carbons (Fsp3) is 0.150. The van der Waals surface area contributed by atoms with E-state index in [4.69, 9.17) is 0 Å². The number of hydrogen-bond donors (Lipinski definition) is 0. The highest BCUT2D eigenvalue weighted by atomic mass is 19.4. The van der Waals surface area contributed by atoms with E-state index in [0.717, 1.165) is 0 Å². The van der Waals surface area contributed by atoms with Crippen LogP contribution in [0.5, 0.6) is 0 Å². The third kappa shape index (κ3) is 4.32. The number of nitrogens with zero attached hydrogens (tertiary/aromatic N) is 1. The summed E-state index contributed by atoms with van der Waals surface area (Å²) >= 11 is 0. The second-order valence-electron chi connectivity index (χ2n) is 6.11. The SMILES string of the molecule is Fc1ccccc1-c1cccc[n+]1Cc1cc(C(F)(F)F)cc(C(F)(F)F)c1. The molecule has 0 atom stereocenters. The normalized spacial score (nSPS) is 12.2. The fourth-order valence-corrected chi connectivity index (χ4v) is 2.83. The van der Waals surface area contributed by atoms with Crippen LogP contribution in [0.2, 0.25) is 0 Å². The van der Waals surface area contributed by atoms with Crippen molar-refractivity contribution in [2.75, 3.05) is 0 Å². The van der Waals surface area contributed by atoms with Crippen LogP contribution in [0, 0.1) is 5.82 Å². The van der Waals surface area contributed by atoms with Crippen molar-refractivity contribution in [3.63, 3.8) is 0 Å². The van der Waals surface area contributed by atoms with Crippen molar-refractivity contribution in [1.82, 2.24) is 0 Å². The standard InChI is InChI=1S/C20H13F7N/c21-17-6-2-1-5-16(17)18-7-3-4-8-28(18)12-13-9-14(19(22,23)24)11-15(10-13)20(25,26)27/h1-11H,12H2/q+1. The van der Waals surface area contributed by atoms with Gasteiger partial charge < -0.3 is 0 Å². The number of pyridine rings is 1. The van der Waals surface area contributed by atoms with Crippen molar-refractivity contribution in [2.45, 2.75) is 18.9 Å². The maximum atomic E-state index is 14.1. The van der Waals surface area contributed by atoms with Gasteiger partial charge in [0, 0.05) is 17.7 Å². The largest absolute Gasteiger partial charge is 0.416 e. The molecule has 0 unspecified atom stereocenters. The lowest BCUT2D eigenvalue weighted by atomic mass is 10.0. The molecule has 3 rings (SSSR count). The van der Waals surface area contributed by atoms with Crippen LogP contribution < -0.4 is 4.57 Å². The van der Waals surface area contributed by atoms with Gasteiger partial charge in [0.25, 0.3) is 0 Å². The molecule has 0 aliphatic rings. The lowest BCUT2D eigenvalue weighted by Gasteiger charge is -2.13. The van der Waals surface area contributed by atoms with E-state index in [0.29, 0.717) is 17.8 Å². The van der Waals surface area contributed by atoms with Crippen LogP contribution in [0.4, 0.5) is 30.7 Å². The monoisotopic (exact) mass is 400 g/mol. The molecule has 28 heavy (non-hydrogen) atoms. The van der Waals surface area contributed by atoms with Gasteiger partial charge in [0.1, 0.15) is 5.82 Å². The molecule has 0 aliphatic heterocycles. The van der Waals surface area contributed by atoms with Crippen molar-refractivity contribution in [3.8, 4) is 11.3 Å². The summed E-state index contributed by atoms with van der Waals surface area (Å²) in [5.41, 5.74) is -2.46. The van der Waals surface area contributed by atoms with Gasteiger partial charge in [0.15, 0.2) is 12.7 Å². The van der Waals surface area contributed by atoms with E-state index < -0.39 is 29.3 Å². The molecule has 0 bridgehead atoms. The van der Waals surface area contributed by atoms with E-state index in [1.165, 1.54) is 35.0 Å². The van der Waals surface area contributed by atoms with Crippen LogP contribution in [0.1, 0.15) is 16.7 Å². The minimum atomic E-state index is -4.92. The molecule has 0 fully saturated rings. The second-order valence-corrected chi connectivity index (χ2v) is 6.11. The Morgan fingerprint density at radius 2 is 1.29 bits per heavy atom. The summed E-state index contributed by atoms with van der Waals surface area (Å²) in [4.78, 5) is 0. The fourth-order valence-electron chi connectivity index (χ4n) is 2.83. The summed E-state index contributed by atoms with van der Waals surface area (Å²) in [6.07, 6.45) is -8.38. The number of halogens is 7. The summed E-state index contributed by atoms with van der Waals surface area (Å²) in [6, 6.07) is 11.9. The Balaban J connectivity index is 2.09. The summed E-state index contributed by atoms with van der Waals surface area (Å²) in [5, 5.41) is 0. The first-order valence-electron chi connectivity index (χ1n) is 8.07. The van der Waals surface area contributed by atoms with Crippen LogP contribution in [-0.4, -0.2) is 0 Å². The summed E-state index contributed by atoms with van der Waals surface area (Å²) < 4.78 is 93.8. The first-order valence-corrected chi connectivity index (χ1v) is 8.07. The van der Waals surface area contributed by atoms with Crippen molar-refractivity contribution in [3.05, 3.63) is 89.4 Å². The minimum absolute atomic E-state index is 0.0803. The predicted octanol–water partition coefficient (Wildman–Crippen LogP) is 5.87. The van der Waals surface area contributed by atoms with Crippen molar-refractivity contribution >= 4 is 0 Å². The van der Waals surface area contributed by atoms with Gasteiger partial charge in [-0.3, -0.25) is 0 Å². The van der Waals surface area contributed by atoms with Crippen molar-refractivity contribution in [1.29, 1.82) is 0 Å². The molecular formula is C20H13F7N+. The smallest absolute Gasteiger partial charge is 0.206 e. The van der Waals surface area contributed by atoms with E-state index in [1.807, 2.05) is 0 Å². The Labute approximate surface area is 155 Å². The third-order valence-electron chi connectivity index (χ3n) is 4.09. The summed E-state index contributed by atoms with van der Waals surface area (Å²) in [5.74, 6) is -0.553. The Hall–Kier alpha value is -2.90. The molecule has 8 heteroatoms. The molecule has 0 spiro atoms. The van der Waals surface area contributed by atoms with Crippen LogP contribution in [0.3, 0.4) is 0 Å². The molecule has 0 radical (unpaired) electrons. The van der Waals surface area contributed by atoms with Gasteiger partial charge in [-0.05, 0) is 36.4 Å². The number of benzene rings is 2. The first kappa shape index (κ1) is 19.9. The lowest BCUT2D eigenvalue weighted by molar-refractivity contribution is -0.677. The van der Waals surface area contributed by atoms with Gasteiger partial charge >= 0.3 is 12.4 Å². The zero-order valence-electron chi connectivity index (χ0n) is 14.2. The van der Waals surface area contributed by atoms with Gasteiger partial charge in [-0.15, -0.1) is 0 Å². The molecule has 1 nitrogen and oxygen atoms in total. The molecule has 0 saturated carbocycles. The number of aromatic nitrogens is 1. The topological polar surface area (TPSA) is 3.88 Å². The Morgan fingerprint density at radius 3 is 1.86 bits per heavy atom. The molecule has 2 aromatic carbocycles. The van der Waals surface area contributed by atoms with Crippen LogP contribution in [0.25, 0.3) is 11.3 Å². The van der Waals surface area contributed by atoms with Gasteiger partial charge in [0.2, 0.25) is 5.69 Å². The maximum absolute atomic E-state index is 14.1. The zero-order valence-corrected chi connectivity index (χ0v) is 14.2. The number of rotatable bonds is 3. The van der Waals surface area contributed by atoms with Crippen LogP contribution in [0.15, 0.2) is 66.9 Å². The molecule has 1 heterocycles. The third-order valence-corrected chi connectivity index (χ3v) is 4.09. The molecule has 146 valence electrons. The van der Waals surface area contributed by atoms with Crippen molar-refractivity contribution in [2.24, 2.45) is 0 Å². The maximum Gasteiger partial charge on any atom is 0.416 e. The minimum Gasteiger partial charge on any atom is -0.206 e. The van der Waals surface area contributed by atoms with Gasteiger partial charge in [0.05, 0.1) is 16.7 Å². The molecule has 1 aromatic heterocycles. The average Bonchev–Trinajstić information content (AvgIpc) is 2.61. The number of alkyl halides is 6. The van der Waals surface area contributed by atoms with Crippen molar-refractivity contribution < 1.29 is 35.3 Å². The highest BCUT2D eigenvalue weighted by Crippen LogP contribution is 2.36. The Bertz CT molecular complexity index is 958. The van der Waals surface area contributed by atoms with Gasteiger partial charge in [-0.2, -0.15) is 30.9 Å². The van der Waals surface area contributed by atoms with E-state index in [1.54, 1.807) is 18.2 Å². The lowest BCUT2D eigenvalue weighted by Crippen LogP contribution is -2.36.